The normalized spacial score (nSPS) is 14.7. The molecule has 178 valence electrons. The molecule has 2 aromatic carbocycles. The minimum Gasteiger partial charge on any atom is -0.341 e. The highest BCUT2D eigenvalue weighted by Gasteiger charge is 2.23. The van der Waals surface area contributed by atoms with E-state index in [0.717, 1.165) is 37.9 Å². The van der Waals surface area contributed by atoms with Crippen LogP contribution in [0.25, 0.3) is 11.0 Å². The Morgan fingerprint density at radius 2 is 1.47 bits per heavy atom. The van der Waals surface area contributed by atoms with Crippen LogP contribution in [0, 0.1) is 0 Å². The number of nitrogens with zero attached hydrogens (tertiary/aromatic N) is 3. The van der Waals surface area contributed by atoms with Crippen molar-refractivity contribution in [2.75, 3.05) is 13.1 Å². The van der Waals surface area contributed by atoms with E-state index in [1.165, 1.54) is 9.13 Å². The first-order valence-electron chi connectivity index (χ1n) is 11.8. The molecule has 1 saturated heterocycles. The van der Waals surface area contributed by atoms with Crippen molar-refractivity contribution in [3.63, 3.8) is 0 Å². The number of nitrogens with one attached hydrogen (secondary N) is 1. The summed E-state index contributed by atoms with van der Waals surface area (Å²) in [4.78, 5) is 52.4. The number of piperidine rings is 1. The van der Waals surface area contributed by atoms with Crippen LogP contribution in [-0.2, 0) is 17.9 Å². The number of hydrogen-bond donors (Lipinski definition) is 1. The first-order chi connectivity index (χ1) is 16.4. The SMILES string of the molecule is CCn1c(=O)c(=O)n(Cc2ccc(C(=O)NC(C)C(=O)N3CCCCC3)cc2)c2ccccc21. The van der Waals surface area contributed by atoms with Gasteiger partial charge in [-0.15, -0.1) is 0 Å². The van der Waals surface area contributed by atoms with Crippen LogP contribution < -0.4 is 16.4 Å². The summed E-state index contributed by atoms with van der Waals surface area (Å²) >= 11 is 0. The molecule has 1 atom stereocenters. The third-order valence-corrected chi connectivity index (χ3v) is 6.40. The van der Waals surface area contributed by atoms with Gasteiger partial charge in [0.1, 0.15) is 6.04 Å². The number of rotatable bonds is 6. The Bertz CT molecular complexity index is 1320. The zero-order chi connectivity index (χ0) is 24.2. The predicted octanol–water partition coefficient (Wildman–Crippen LogP) is 2.36. The molecule has 0 radical (unpaired) electrons. The number of fused-ring (bicyclic) bond motifs is 1. The van der Waals surface area contributed by atoms with Gasteiger partial charge < -0.3 is 14.8 Å². The lowest BCUT2D eigenvalue weighted by Gasteiger charge is -2.29. The van der Waals surface area contributed by atoms with Gasteiger partial charge in [-0.25, -0.2) is 0 Å². The number of para-hydroxylation sites is 2. The van der Waals surface area contributed by atoms with Crippen molar-refractivity contribution in [1.82, 2.24) is 19.4 Å². The molecule has 4 rings (SSSR count). The lowest BCUT2D eigenvalue weighted by molar-refractivity contribution is -0.133. The van der Waals surface area contributed by atoms with Crippen molar-refractivity contribution in [3.8, 4) is 0 Å². The molecule has 2 amide bonds. The largest absolute Gasteiger partial charge is 0.341 e. The van der Waals surface area contributed by atoms with E-state index in [0.29, 0.717) is 23.1 Å². The fourth-order valence-corrected chi connectivity index (χ4v) is 4.52. The van der Waals surface area contributed by atoms with Gasteiger partial charge in [0.15, 0.2) is 0 Å². The fraction of sp³-hybridized carbons (Fsp3) is 0.385. The Morgan fingerprint density at radius 3 is 2.09 bits per heavy atom. The Labute approximate surface area is 197 Å². The molecule has 2 heterocycles. The van der Waals surface area contributed by atoms with E-state index in [9.17, 15) is 19.2 Å². The highest BCUT2D eigenvalue weighted by Crippen LogP contribution is 2.14. The van der Waals surface area contributed by atoms with Gasteiger partial charge in [0.2, 0.25) is 5.91 Å². The monoisotopic (exact) mass is 462 g/mol. The first kappa shape index (κ1) is 23.5. The molecule has 1 N–H and O–H groups in total. The molecule has 1 aliphatic rings. The van der Waals surface area contributed by atoms with Gasteiger partial charge in [-0.05, 0) is 62.9 Å². The van der Waals surface area contributed by atoms with Gasteiger partial charge in [0.25, 0.3) is 5.91 Å². The Hall–Kier alpha value is -3.68. The van der Waals surface area contributed by atoms with Crippen LogP contribution >= 0.6 is 0 Å². The summed E-state index contributed by atoms with van der Waals surface area (Å²) in [5, 5.41) is 2.79. The summed E-state index contributed by atoms with van der Waals surface area (Å²) in [6.07, 6.45) is 3.14. The van der Waals surface area contributed by atoms with E-state index in [1.54, 1.807) is 31.2 Å². The minimum atomic E-state index is -0.597. The number of carbonyl (C=O) groups excluding carboxylic acids is 2. The van der Waals surface area contributed by atoms with Crippen molar-refractivity contribution in [2.24, 2.45) is 0 Å². The Balaban J connectivity index is 1.50. The molecule has 3 aromatic rings. The summed E-state index contributed by atoms with van der Waals surface area (Å²) < 4.78 is 2.95. The zero-order valence-corrected chi connectivity index (χ0v) is 19.6. The molecule has 1 aliphatic heterocycles. The van der Waals surface area contributed by atoms with Crippen LogP contribution in [0.3, 0.4) is 0 Å². The van der Waals surface area contributed by atoms with E-state index < -0.39 is 17.2 Å². The third kappa shape index (κ3) is 4.66. The molecule has 0 spiro atoms. The number of hydrogen-bond acceptors (Lipinski definition) is 4. The summed E-state index contributed by atoms with van der Waals surface area (Å²) in [6, 6.07) is 13.6. The molecule has 0 aliphatic carbocycles. The standard InChI is InChI=1S/C26H30N4O4/c1-3-29-21-9-5-6-10-22(21)30(26(34)25(29)33)17-19-11-13-20(14-12-19)23(31)27-18(2)24(32)28-15-7-4-8-16-28/h5-6,9-14,18H,3-4,7-8,15-17H2,1-2H3,(H,27,31). The Kier molecular flexibility index (Phi) is 6.95. The smallest absolute Gasteiger partial charge is 0.317 e. The van der Waals surface area contributed by atoms with E-state index in [2.05, 4.69) is 5.32 Å². The van der Waals surface area contributed by atoms with Gasteiger partial charge in [-0.1, -0.05) is 24.3 Å². The van der Waals surface area contributed by atoms with Crippen molar-refractivity contribution in [3.05, 3.63) is 80.4 Å². The highest BCUT2D eigenvalue weighted by atomic mass is 16.2. The number of aryl methyl sites for hydroxylation is 1. The van der Waals surface area contributed by atoms with Crippen molar-refractivity contribution < 1.29 is 9.59 Å². The van der Waals surface area contributed by atoms with Crippen molar-refractivity contribution >= 4 is 22.8 Å². The summed E-state index contributed by atoms with van der Waals surface area (Å²) in [5.74, 6) is -0.379. The zero-order valence-electron chi connectivity index (χ0n) is 19.6. The van der Waals surface area contributed by atoms with Crippen LogP contribution in [0.1, 0.15) is 49.0 Å². The van der Waals surface area contributed by atoms with E-state index in [1.807, 2.05) is 36.1 Å². The minimum absolute atomic E-state index is 0.0577. The number of benzene rings is 2. The van der Waals surface area contributed by atoms with Crippen LogP contribution in [0.15, 0.2) is 58.1 Å². The maximum Gasteiger partial charge on any atom is 0.317 e. The quantitative estimate of drug-likeness (QED) is 0.569. The van der Waals surface area contributed by atoms with Crippen LogP contribution in [0.2, 0.25) is 0 Å². The summed E-state index contributed by atoms with van der Waals surface area (Å²) in [6.45, 7) is 5.65. The van der Waals surface area contributed by atoms with Crippen molar-refractivity contribution in [1.29, 1.82) is 0 Å². The topological polar surface area (TPSA) is 93.4 Å². The van der Waals surface area contributed by atoms with Crippen LogP contribution in [0.5, 0.6) is 0 Å². The lowest BCUT2D eigenvalue weighted by atomic mass is 10.1. The predicted molar refractivity (Wildman–Crippen MR) is 131 cm³/mol. The molecule has 1 unspecified atom stereocenters. The molecule has 1 fully saturated rings. The molecular weight excluding hydrogens is 432 g/mol. The van der Waals surface area contributed by atoms with E-state index in [4.69, 9.17) is 0 Å². The maximum atomic E-state index is 12.8. The second-order valence-corrected chi connectivity index (χ2v) is 8.71. The molecule has 0 bridgehead atoms. The van der Waals surface area contributed by atoms with Gasteiger partial charge in [0.05, 0.1) is 17.6 Å². The third-order valence-electron chi connectivity index (χ3n) is 6.40. The Morgan fingerprint density at radius 1 is 0.882 bits per heavy atom. The molecule has 8 heteroatoms. The number of carbonyl (C=O) groups is 2. The maximum absolute atomic E-state index is 12.8. The number of amides is 2. The lowest BCUT2D eigenvalue weighted by Crippen LogP contribution is -2.48. The van der Waals surface area contributed by atoms with Gasteiger partial charge in [-0.3, -0.25) is 23.7 Å². The molecule has 8 nitrogen and oxygen atoms in total. The van der Waals surface area contributed by atoms with E-state index in [-0.39, 0.29) is 18.4 Å². The molecule has 34 heavy (non-hydrogen) atoms. The van der Waals surface area contributed by atoms with Gasteiger partial charge in [0, 0.05) is 25.2 Å². The first-order valence-corrected chi connectivity index (χ1v) is 11.8. The molecular formula is C26H30N4O4. The van der Waals surface area contributed by atoms with Crippen molar-refractivity contribution in [2.45, 2.75) is 52.2 Å². The second kappa shape index (κ2) is 10.1. The summed E-state index contributed by atoms with van der Waals surface area (Å²) in [5.41, 5.74) is 1.48. The van der Waals surface area contributed by atoms with Gasteiger partial charge >= 0.3 is 11.1 Å². The fourth-order valence-electron chi connectivity index (χ4n) is 4.52. The average molecular weight is 463 g/mol. The van der Waals surface area contributed by atoms with E-state index >= 15 is 0 Å². The van der Waals surface area contributed by atoms with Gasteiger partial charge in [-0.2, -0.15) is 0 Å². The average Bonchev–Trinajstić information content (AvgIpc) is 2.87. The van der Waals surface area contributed by atoms with Crippen LogP contribution in [-0.4, -0.2) is 45.0 Å². The second-order valence-electron chi connectivity index (χ2n) is 8.71. The summed E-state index contributed by atoms with van der Waals surface area (Å²) in [7, 11) is 0. The highest BCUT2D eigenvalue weighted by molar-refractivity contribution is 5.97. The van der Waals surface area contributed by atoms with Crippen LogP contribution in [0.4, 0.5) is 0 Å². The number of aromatic nitrogens is 2. The molecule has 0 saturated carbocycles. The molecule has 1 aromatic heterocycles. The number of likely N-dealkylation sites (tertiary alicyclic amines) is 1.